The van der Waals surface area contributed by atoms with E-state index in [1.165, 1.54) is 0 Å². The minimum absolute atomic E-state index is 0.157. The Labute approximate surface area is 161 Å². The van der Waals surface area contributed by atoms with Crippen molar-refractivity contribution in [3.8, 4) is 0 Å². The second-order valence-corrected chi connectivity index (χ2v) is 6.59. The first kappa shape index (κ1) is 20.2. The third-order valence-corrected chi connectivity index (χ3v) is 4.48. The average molecular weight is 396 g/mol. The molecular formula is C19H19Cl2NO4. The SMILES string of the molecule is O=CNCC(CC(OCc1ccccc1)C(=O)O)c1ccc(Cl)cc1Cl. The highest BCUT2D eigenvalue weighted by molar-refractivity contribution is 6.35. The molecule has 0 fully saturated rings. The smallest absolute Gasteiger partial charge is 0.332 e. The number of amides is 1. The zero-order valence-corrected chi connectivity index (χ0v) is 15.4. The highest BCUT2D eigenvalue weighted by atomic mass is 35.5. The highest BCUT2D eigenvalue weighted by Gasteiger charge is 2.26. The normalized spacial score (nSPS) is 13.0. The molecule has 138 valence electrons. The van der Waals surface area contributed by atoms with Crippen molar-refractivity contribution in [1.29, 1.82) is 0 Å². The summed E-state index contributed by atoms with van der Waals surface area (Å²) < 4.78 is 5.60. The number of carboxylic acid groups (broad SMARTS) is 1. The van der Waals surface area contributed by atoms with E-state index in [0.717, 1.165) is 5.56 Å². The van der Waals surface area contributed by atoms with Crippen LogP contribution in [0.1, 0.15) is 23.5 Å². The van der Waals surface area contributed by atoms with Crippen molar-refractivity contribution in [2.75, 3.05) is 6.54 Å². The lowest BCUT2D eigenvalue weighted by atomic mass is 9.92. The van der Waals surface area contributed by atoms with E-state index in [2.05, 4.69) is 5.32 Å². The van der Waals surface area contributed by atoms with Crippen LogP contribution < -0.4 is 5.32 Å². The summed E-state index contributed by atoms with van der Waals surface area (Å²) in [4.78, 5) is 22.3. The molecule has 2 aromatic rings. The fraction of sp³-hybridized carbons (Fsp3) is 0.263. The van der Waals surface area contributed by atoms with Gasteiger partial charge in [0.05, 0.1) is 6.61 Å². The number of nitrogens with one attached hydrogen (secondary N) is 1. The van der Waals surface area contributed by atoms with Gasteiger partial charge in [0.15, 0.2) is 6.10 Å². The number of carbonyl (C=O) groups excluding carboxylic acids is 1. The van der Waals surface area contributed by atoms with E-state index in [9.17, 15) is 14.7 Å². The number of aliphatic carboxylic acids is 1. The van der Waals surface area contributed by atoms with Crippen molar-refractivity contribution in [3.05, 3.63) is 69.7 Å². The molecule has 0 saturated carbocycles. The molecule has 2 atom stereocenters. The van der Waals surface area contributed by atoms with Gasteiger partial charge in [-0.15, -0.1) is 0 Å². The second-order valence-electron chi connectivity index (χ2n) is 5.75. The predicted octanol–water partition coefficient (Wildman–Crippen LogP) is 3.88. The van der Waals surface area contributed by atoms with Crippen LogP contribution >= 0.6 is 23.2 Å². The Balaban J connectivity index is 2.14. The predicted molar refractivity (Wildman–Crippen MR) is 101 cm³/mol. The molecule has 26 heavy (non-hydrogen) atoms. The van der Waals surface area contributed by atoms with Crippen LogP contribution in [0.25, 0.3) is 0 Å². The van der Waals surface area contributed by atoms with Gasteiger partial charge in [0, 0.05) is 22.5 Å². The molecule has 0 aliphatic carbocycles. The largest absolute Gasteiger partial charge is 0.479 e. The first-order chi connectivity index (χ1) is 12.5. The fourth-order valence-corrected chi connectivity index (χ4v) is 3.18. The number of carbonyl (C=O) groups is 2. The van der Waals surface area contributed by atoms with Crippen LogP contribution in [0.15, 0.2) is 48.5 Å². The molecule has 0 aliphatic heterocycles. The molecule has 5 nitrogen and oxygen atoms in total. The van der Waals surface area contributed by atoms with Crippen LogP contribution in [0.2, 0.25) is 10.0 Å². The summed E-state index contributed by atoms with van der Waals surface area (Å²) in [5.41, 5.74) is 1.59. The van der Waals surface area contributed by atoms with Crippen LogP contribution in [0.4, 0.5) is 0 Å². The number of carboxylic acids is 1. The summed E-state index contributed by atoms with van der Waals surface area (Å²) in [6.45, 7) is 0.420. The van der Waals surface area contributed by atoms with Gasteiger partial charge >= 0.3 is 5.97 Å². The monoisotopic (exact) mass is 395 g/mol. The maximum Gasteiger partial charge on any atom is 0.332 e. The molecule has 2 unspecified atom stereocenters. The summed E-state index contributed by atoms with van der Waals surface area (Å²) in [5, 5.41) is 13.0. The van der Waals surface area contributed by atoms with Crippen molar-refractivity contribution in [3.63, 3.8) is 0 Å². The minimum Gasteiger partial charge on any atom is -0.479 e. The number of benzene rings is 2. The Kier molecular flexibility index (Phi) is 7.91. The fourth-order valence-electron chi connectivity index (χ4n) is 2.61. The third kappa shape index (κ3) is 6.02. The van der Waals surface area contributed by atoms with Gasteiger partial charge in [0.2, 0.25) is 6.41 Å². The van der Waals surface area contributed by atoms with E-state index in [1.54, 1.807) is 18.2 Å². The van der Waals surface area contributed by atoms with Gasteiger partial charge in [0.1, 0.15) is 0 Å². The summed E-state index contributed by atoms with van der Waals surface area (Å²) >= 11 is 12.2. The topological polar surface area (TPSA) is 75.6 Å². The number of hydrogen-bond donors (Lipinski definition) is 2. The maximum absolute atomic E-state index is 11.6. The van der Waals surface area contributed by atoms with Gasteiger partial charge in [-0.1, -0.05) is 59.6 Å². The van der Waals surface area contributed by atoms with Crippen molar-refractivity contribution >= 4 is 35.6 Å². The molecular weight excluding hydrogens is 377 g/mol. The molecule has 2 N–H and O–H groups in total. The van der Waals surface area contributed by atoms with Gasteiger partial charge in [-0.25, -0.2) is 4.79 Å². The first-order valence-corrected chi connectivity index (χ1v) is 8.77. The van der Waals surface area contributed by atoms with Crippen LogP contribution in [-0.2, 0) is 20.9 Å². The Morgan fingerprint density at radius 1 is 1.19 bits per heavy atom. The van der Waals surface area contributed by atoms with Crippen LogP contribution in [0.5, 0.6) is 0 Å². The van der Waals surface area contributed by atoms with E-state index in [1.807, 2.05) is 30.3 Å². The lowest BCUT2D eigenvalue weighted by Crippen LogP contribution is -2.30. The number of halogens is 2. The molecule has 0 heterocycles. The lowest BCUT2D eigenvalue weighted by Gasteiger charge is -2.22. The van der Waals surface area contributed by atoms with Crippen LogP contribution in [0, 0.1) is 0 Å². The van der Waals surface area contributed by atoms with Gasteiger partial charge in [-0.3, -0.25) is 4.79 Å². The Morgan fingerprint density at radius 3 is 2.54 bits per heavy atom. The molecule has 0 saturated heterocycles. The van der Waals surface area contributed by atoms with Crippen LogP contribution in [-0.4, -0.2) is 30.1 Å². The number of hydrogen-bond acceptors (Lipinski definition) is 3. The van der Waals surface area contributed by atoms with Crippen LogP contribution in [0.3, 0.4) is 0 Å². The van der Waals surface area contributed by atoms with Crippen molar-refractivity contribution in [1.82, 2.24) is 5.32 Å². The van der Waals surface area contributed by atoms with E-state index in [-0.39, 0.29) is 25.5 Å². The Morgan fingerprint density at radius 2 is 1.92 bits per heavy atom. The first-order valence-electron chi connectivity index (χ1n) is 8.01. The number of rotatable bonds is 10. The summed E-state index contributed by atoms with van der Waals surface area (Å²) in [7, 11) is 0. The molecule has 0 spiro atoms. The summed E-state index contributed by atoms with van der Waals surface area (Å²) in [5.74, 6) is -1.40. The van der Waals surface area contributed by atoms with Gasteiger partial charge in [-0.05, 0) is 29.7 Å². The highest BCUT2D eigenvalue weighted by Crippen LogP contribution is 2.31. The molecule has 0 radical (unpaired) electrons. The summed E-state index contributed by atoms with van der Waals surface area (Å²) in [6.07, 6.45) is -0.317. The minimum atomic E-state index is -1.07. The Hall–Kier alpha value is -2.08. The zero-order valence-electron chi connectivity index (χ0n) is 13.9. The van der Waals surface area contributed by atoms with Crippen molar-refractivity contribution < 1.29 is 19.4 Å². The van der Waals surface area contributed by atoms with E-state index < -0.39 is 12.1 Å². The average Bonchev–Trinajstić information content (AvgIpc) is 2.62. The van der Waals surface area contributed by atoms with Gasteiger partial charge in [0.25, 0.3) is 0 Å². The van der Waals surface area contributed by atoms with E-state index >= 15 is 0 Å². The maximum atomic E-state index is 11.6. The second kappa shape index (κ2) is 10.2. The summed E-state index contributed by atoms with van der Waals surface area (Å²) in [6, 6.07) is 14.3. The molecule has 0 bridgehead atoms. The van der Waals surface area contributed by atoms with Crippen molar-refractivity contribution in [2.24, 2.45) is 0 Å². The molecule has 2 rings (SSSR count). The zero-order chi connectivity index (χ0) is 18.9. The third-order valence-electron chi connectivity index (χ3n) is 3.92. The standard InChI is InChI=1S/C19H19Cl2NO4/c20-15-6-7-16(17(21)9-15)14(10-22-12-23)8-18(19(24)25)26-11-13-4-2-1-3-5-13/h1-7,9,12,14,18H,8,10-11H2,(H,22,23)(H,24,25). The molecule has 1 amide bonds. The molecule has 7 heteroatoms. The van der Waals surface area contributed by atoms with E-state index in [4.69, 9.17) is 27.9 Å². The van der Waals surface area contributed by atoms with E-state index in [0.29, 0.717) is 22.0 Å². The number of ether oxygens (including phenoxy) is 1. The Bertz CT molecular complexity index is 740. The molecule has 0 aliphatic rings. The van der Waals surface area contributed by atoms with Gasteiger partial charge in [-0.2, -0.15) is 0 Å². The lowest BCUT2D eigenvalue weighted by molar-refractivity contribution is -0.152. The molecule has 2 aromatic carbocycles. The quantitative estimate of drug-likeness (QED) is 0.598. The van der Waals surface area contributed by atoms with Gasteiger partial charge < -0.3 is 15.2 Å². The molecule has 0 aromatic heterocycles. The van der Waals surface area contributed by atoms with Crippen molar-refractivity contribution in [2.45, 2.75) is 25.0 Å².